The molecule has 4 nitrogen and oxygen atoms in total. The Morgan fingerprint density at radius 3 is 2.45 bits per heavy atom. The molecule has 1 amide bonds. The summed E-state index contributed by atoms with van der Waals surface area (Å²) in [5.74, 6) is -0.668. The third-order valence-electron chi connectivity index (χ3n) is 3.27. The zero-order valence-electron chi connectivity index (χ0n) is 11.9. The van der Waals surface area contributed by atoms with Crippen LogP contribution in [-0.2, 0) is 0 Å². The first-order valence-corrected chi connectivity index (χ1v) is 6.81. The van der Waals surface area contributed by atoms with Crippen molar-refractivity contribution in [3.63, 3.8) is 0 Å². The van der Waals surface area contributed by atoms with E-state index in [2.05, 4.69) is 15.5 Å². The van der Waals surface area contributed by atoms with Gasteiger partial charge in [0.05, 0.1) is 5.69 Å². The van der Waals surface area contributed by atoms with Crippen molar-refractivity contribution in [2.24, 2.45) is 0 Å². The maximum absolute atomic E-state index is 12.8. The number of carbonyl (C=O) groups excluding carboxylic acids is 1. The molecule has 0 aliphatic heterocycles. The van der Waals surface area contributed by atoms with Crippen LogP contribution in [0.15, 0.2) is 54.6 Å². The van der Waals surface area contributed by atoms with Gasteiger partial charge in [0.2, 0.25) is 0 Å². The summed E-state index contributed by atoms with van der Waals surface area (Å²) in [4.78, 5) is 12.1. The summed E-state index contributed by atoms with van der Waals surface area (Å²) in [5.41, 5.74) is 3.67. The van der Waals surface area contributed by atoms with Crippen LogP contribution in [0.1, 0.15) is 16.1 Å². The molecule has 5 heteroatoms. The van der Waals surface area contributed by atoms with E-state index in [4.69, 9.17) is 0 Å². The van der Waals surface area contributed by atoms with Crippen molar-refractivity contribution in [2.75, 3.05) is 5.32 Å². The van der Waals surface area contributed by atoms with Crippen molar-refractivity contribution in [3.05, 3.63) is 71.7 Å². The van der Waals surface area contributed by atoms with Gasteiger partial charge in [0, 0.05) is 11.3 Å². The number of hydrogen-bond acceptors (Lipinski definition) is 2. The highest BCUT2D eigenvalue weighted by Gasteiger charge is 2.11. The van der Waals surface area contributed by atoms with Crippen LogP contribution in [0.4, 0.5) is 10.1 Å². The second-order valence-corrected chi connectivity index (χ2v) is 4.99. The number of carbonyl (C=O) groups is 1. The van der Waals surface area contributed by atoms with Gasteiger partial charge in [0.25, 0.3) is 5.91 Å². The molecule has 1 heterocycles. The second kappa shape index (κ2) is 5.81. The lowest BCUT2D eigenvalue weighted by atomic mass is 10.1. The van der Waals surface area contributed by atoms with E-state index in [0.29, 0.717) is 17.1 Å². The Bertz CT molecular complexity index is 792. The molecule has 110 valence electrons. The van der Waals surface area contributed by atoms with Crippen LogP contribution in [-0.4, -0.2) is 16.1 Å². The summed E-state index contributed by atoms with van der Waals surface area (Å²) in [6, 6.07) is 15.2. The van der Waals surface area contributed by atoms with Crippen LogP contribution in [0.2, 0.25) is 0 Å². The first-order chi connectivity index (χ1) is 10.6. The summed E-state index contributed by atoms with van der Waals surface area (Å²) >= 11 is 0. The zero-order chi connectivity index (χ0) is 15.5. The third-order valence-corrected chi connectivity index (χ3v) is 3.27. The second-order valence-electron chi connectivity index (χ2n) is 4.99. The van der Waals surface area contributed by atoms with E-state index in [1.807, 2.05) is 31.2 Å². The lowest BCUT2D eigenvalue weighted by Gasteiger charge is -2.02. The minimum absolute atomic E-state index is 0.322. The SMILES string of the molecule is Cc1ccc(-c2cc(C(=O)Nc3ccc(F)cc3)[nH]n2)cc1. The van der Waals surface area contributed by atoms with Gasteiger partial charge in [0.15, 0.2) is 0 Å². The number of nitrogens with zero attached hydrogens (tertiary/aromatic N) is 1. The summed E-state index contributed by atoms with van der Waals surface area (Å²) in [7, 11) is 0. The molecule has 0 fully saturated rings. The average Bonchev–Trinajstić information content (AvgIpc) is 3.00. The number of aryl methyl sites for hydroxylation is 1. The molecule has 0 radical (unpaired) electrons. The molecule has 0 spiro atoms. The monoisotopic (exact) mass is 295 g/mol. The average molecular weight is 295 g/mol. The molecule has 0 bridgehead atoms. The van der Waals surface area contributed by atoms with E-state index in [-0.39, 0.29) is 11.7 Å². The van der Waals surface area contributed by atoms with Gasteiger partial charge in [0.1, 0.15) is 11.5 Å². The Balaban J connectivity index is 1.76. The maximum atomic E-state index is 12.8. The number of amides is 1. The number of aromatic nitrogens is 2. The minimum Gasteiger partial charge on any atom is -0.321 e. The fourth-order valence-corrected chi connectivity index (χ4v) is 2.04. The topological polar surface area (TPSA) is 57.8 Å². The number of hydrogen-bond donors (Lipinski definition) is 2. The van der Waals surface area contributed by atoms with Crippen molar-refractivity contribution < 1.29 is 9.18 Å². The number of anilines is 1. The molecule has 2 N–H and O–H groups in total. The summed E-state index contributed by atoms with van der Waals surface area (Å²) in [5, 5.41) is 9.54. The van der Waals surface area contributed by atoms with Crippen LogP contribution in [0.25, 0.3) is 11.3 Å². The molecular weight excluding hydrogens is 281 g/mol. The van der Waals surface area contributed by atoms with E-state index in [0.717, 1.165) is 11.1 Å². The first kappa shape index (κ1) is 14.0. The van der Waals surface area contributed by atoms with Crippen LogP contribution in [0.5, 0.6) is 0 Å². The zero-order valence-corrected chi connectivity index (χ0v) is 11.9. The number of benzene rings is 2. The van der Waals surface area contributed by atoms with Crippen LogP contribution < -0.4 is 5.32 Å². The fraction of sp³-hybridized carbons (Fsp3) is 0.0588. The Morgan fingerprint density at radius 2 is 1.77 bits per heavy atom. The fourth-order valence-electron chi connectivity index (χ4n) is 2.04. The number of halogens is 1. The highest BCUT2D eigenvalue weighted by atomic mass is 19.1. The largest absolute Gasteiger partial charge is 0.321 e. The number of rotatable bonds is 3. The van der Waals surface area contributed by atoms with Crippen LogP contribution >= 0.6 is 0 Å². The molecule has 22 heavy (non-hydrogen) atoms. The van der Waals surface area contributed by atoms with Crippen molar-refractivity contribution in [1.82, 2.24) is 10.2 Å². The molecule has 3 aromatic rings. The molecule has 0 unspecified atom stereocenters. The van der Waals surface area contributed by atoms with Crippen molar-refractivity contribution in [1.29, 1.82) is 0 Å². The predicted octanol–water partition coefficient (Wildman–Crippen LogP) is 3.78. The summed E-state index contributed by atoms with van der Waals surface area (Å²) in [6.45, 7) is 2.01. The van der Waals surface area contributed by atoms with Crippen LogP contribution in [0, 0.1) is 12.7 Å². The molecular formula is C17H14FN3O. The molecule has 0 saturated heterocycles. The Kier molecular flexibility index (Phi) is 3.70. The molecule has 0 aliphatic carbocycles. The molecule has 3 rings (SSSR count). The van der Waals surface area contributed by atoms with Gasteiger partial charge in [-0.25, -0.2) is 4.39 Å². The van der Waals surface area contributed by atoms with Crippen molar-refractivity contribution in [2.45, 2.75) is 6.92 Å². The van der Waals surface area contributed by atoms with E-state index < -0.39 is 0 Å². The Hall–Kier alpha value is -2.95. The Morgan fingerprint density at radius 1 is 1.09 bits per heavy atom. The van der Waals surface area contributed by atoms with E-state index in [1.165, 1.54) is 24.3 Å². The lowest BCUT2D eigenvalue weighted by Crippen LogP contribution is -2.12. The smallest absolute Gasteiger partial charge is 0.273 e. The minimum atomic E-state index is -0.346. The van der Waals surface area contributed by atoms with E-state index >= 15 is 0 Å². The number of nitrogens with one attached hydrogen (secondary N) is 2. The van der Waals surface area contributed by atoms with Gasteiger partial charge < -0.3 is 5.32 Å². The Labute approximate surface area is 127 Å². The van der Waals surface area contributed by atoms with Gasteiger partial charge in [-0.2, -0.15) is 5.10 Å². The molecule has 0 atom stereocenters. The van der Waals surface area contributed by atoms with Crippen LogP contribution in [0.3, 0.4) is 0 Å². The maximum Gasteiger partial charge on any atom is 0.273 e. The molecule has 1 aromatic heterocycles. The highest BCUT2D eigenvalue weighted by Crippen LogP contribution is 2.19. The van der Waals surface area contributed by atoms with E-state index in [9.17, 15) is 9.18 Å². The number of aromatic amines is 1. The van der Waals surface area contributed by atoms with Crippen molar-refractivity contribution in [3.8, 4) is 11.3 Å². The highest BCUT2D eigenvalue weighted by molar-refractivity contribution is 6.03. The van der Waals surface area contributed by atoms with Gasteiger partial charge in [-0.15, -0.1) is 0 Å². The van der Waals surface area contributed by atoms with Crippen molar-refractivity contribution >= 4 is 11.6 Å². The lowest BCUT2D eigenvalue weighted by molar-refractivity contribution is 0.102. The van der Waals surface area contributed by atoms with Gasteiger partial charge in [-0.1, -0.05) is 29.8 Å². The summed E-state index contributed by atoms with van der Waals surface area (Å²) < 4.78 is 12.8. The van der Waals surface area contributed by atoms with E-state index in [1.54, 1.807) is 6.07 Å². The third kappa shape index (κ3) is 3.03. The van der Waals surface area contributed by atoms with Gasteiger partial charge >= 0.3 is 0 Å². The molecule has 0 aliphatic rings. The number of H-pyrrole nitrogens is 1. The van der Waals surface area contributed by atoms with Gasteiger partial charge in [-0.3, -0.25) is 9.89 Å². The van der Waals surface area contributed by atoms with Gasteiger partial charge in [-0.05, 0) is 37.3 Å². The predicted molar refractivity (Wildman–Crippen MR) is 83.1 cm³/mol. The normalized spacial score (nSPS) is 10.5. The summed E-state index contributed by atoms with van der Waals surface area (Å²) in [6.07, 6.45) is 0. The first-order valence-electron chi connectivity index (χ1n) is 6.81. The standard InChI is InChI=1S/C17H14FN3O/c1-11-2-4-12(5-3-11)15-10-16(21-20-15)17(22)19-14-8-6-13(18)7-9-14/h2-10H,1H3,(H,19,22)(H,20,21). The molecule has 2 aromatic carbocycles. The molecule has 0 saturated carbocycles. The quantitative estimate of drug-likeness (QED) is 0.772.